The van der Waals surface area contributed by atoms with Gasteiger partial charge in [0.05, 0.1) is 23.7 Å². The van der Waals surface area contributed by atoms with Crippen LogP contribution in [0.15, 0.2) is 18.3 Å². The van der Waals surface area contributed by atoms with E-state index in [-0.39, 0.29) is 23.7 Å². The van der Waals surface area contributed by atoms with Gasteiger partial charge in [-0.1, -0.05) is 0 Å². The summed E-state index contributed by atoms with van der Waals surface area (Å²) in [6.07, 6.45) is 2.16. The molecule has 3 rings (SSSR count). The molecule has 5 heteroatoms. The Bertz CT molecular complexity index is 434. The third-order valence-electron chi connectivity index (χ3n) is 2.87. The number of imide groups is 1. The minimum Gasteiger partial charge on any atom is -0.397 e. The molecule has 1 saturated heterocycles. The van der Waals surface area contributed by atoms with Crippen molar-refractivity contribution >= 4 is 23.3 Å². The third kappa shape index (κ3) is 1.06. The lowest BCUT2D eigenvalue weighted by molar-refractivity contribution is -0.123. The first kappa shape index (κ1) is 8.40. The maximum atomic E-state index is 11.7. The van der Waals surface area contributed by atoms with Crippen LogP contribution in [0.4, 0.5) is 11.5 Å². The van der Waals surface area contributed by atoms with Gasteiger partial charge in [-0.25, -0.2) is 9.88 Å². The van der Waals surface area contributed by atoms with Crippen LogP contribution in [0.5, 0.6) is 0 Å². The van der Waals surface area contributed by atoms with Crippen LogP contribution in [0.2, 0.25) is 0 Å². The monoisotopic (exact) mass is 203 g/mol. The van der Waals surface area contributed by atoms with Gasteiger partial charge in [0, 0.05) is 0 Å². The van der Waals surface area contributed by atoms with Gasteiger partial charge in [0.25, 0.3) is 0 Å². The van der Waals surface area contributed by atoms with Gasteiger partial charge in [0.1, 0.15) is 5.82 Å². The first-order valence-corrected chi connectivity index (χ1v) is 4.78. The zero-order chi connectivity index (χ0) is 10.6. The highest BCUT2D eigenvalue weighted by atomic mass is 16.2. The molecule has 2 atom stereocenters. The van der Waals surface area contributed by atoms with Crippen LogP contribution in [-0.4, -0.2) is 16.8 Å². The van der Waals surface area contributed by atoms with Gasteiger partial charge in [-0.2, -0.15) is 0 Å². The Labute approximate surface area is 85.9 Å². The summed E-state index contributed by atoms with van der Waals surface area (Å²) in [5.74, 6) is -0.0374. The predicted molar refractivity (Wildman–Crippen MR) is 52.7 cm³/mol. The first-order chi connectivity index (χ1) is 7.18. The summed E-state index contributed by atoms with van der Waals surface area (Å²) >= 11 is 0. The number of amides is 2. The molecular formula is C10H9N3O2. The summed E-state index contributed by atoms with van der Waals surface area (Å²) in [7, 11) is 0. The molecule has 0 spiro atoms. The Kier molecular flexibility index (Phi) is 1.44. The molecule has 0 radical (unpaired) electrons. The molecule has 0 aromatic carbocycles. The number of carbonyl (C=O) groups is 2. The molecule has 1 saturated carbocycles. The molecule has 2 N–H and O–H groups in total. The van der Waals surface area contributed by atoms with Crippen molar-refractivity contribution in [3.05, 3.63) is 18.3 Å². The van der Waals surface area contributed by atoms with Crippen molar-refractivity contribution in [2.45, 2.75) is 6.42 Å². The van der Waals surface area contributed by atoms with E-state index < -0.39 is 0 Å². The molecule has 2 amide bonds. The average Bonchev–Trinajstić information content (AvgIpc) is 2.96. The fraction of sp³-hybridized carbons (Fsp3) is 0.300. The molecule has 2 heterocycles. The quantitative estimate of drug-likeness (QED) is 0.660. The van der Waals surface area contributed by atoms with E-state index in [9.17, 15) is 9.59 Å². The maximum absolute atomic E-state index is 11.7. The summed E-state index contributed by atoms with van der Waals surface area (Å²) in [6, 6.07) is 3.22. The lowest BCUT2D eigenvalue weighted by Gasteiger charge is -2.14. The molecular weight excluding hydrogens is 194 g/mol. The van der Waals surface area contributed by atoms with Gasteiger partial charge in [-0.15, -0.1) is 0 Å². The number of rotatable bonds is 1. The Morgan fingerprint density at radius 3 is 2.47 bits per heavy atom. The standard InChI is InChI=1S/C10H9N3O2/c11-5-1-2-8(12-4-5)13-9(14)6-3-7(6)10(13)15/h1-2,4,6-7H,3,11H2. The second kappa shape index (κ2) is 2.56. The molecule has 1 aromatic heterocycles. The molecule has 76 valence electrons. The molecule has 2 fully saturated rings. The van der Waals surface area contributed by atoms with Crippen LogP contribution in [0, 0.1) is 11.8 Å². The Balaban J connectivity index is 1.98. The van der Waals surface area contributed by atoms with E-state index in [4.69, 9.17) is 5.73 Å². The molecule has 1 aliphatic carbocycles. The smallest absolute Gasteiger partial charge is 0.238 e. The lowest BCUT2D eigenvalue weighted by atomic mass is 10.3. The van der Waals surface area contributed by atoms with E-state index in [0.717, 1.165) is 4.90 Å². The summed E-state index contributed by atoms with van der Waals surface area (Å²) in [5.41, 5.74) is 6.00. The van der Waals surface area contributed by atoms with Crippen molar-refractivity contribution in [2.75, 3.05) is 10.6 Å². The van der Waals surface area contributed by atoms with Crippen LogP contribution in [0.1, 0.15) is 6.42 Å². The van der Waals surface area contributed by atoms with Crippen LogP contribution >= 0.6 is 0 Å². The minimum absolute atomic E-state index is 0.0862. The predicted octanol–water partition coefficient (Wildman–Crippen LogP) is 0.173. The Morgan fingerprint density at radius 1 is 1.27 bits per heavy atom. The summed E-state index contributed by atoms with van der Waals surface area (Å²) < 4.78 is 0. The van der Waals surface area contributed by atoms with Crippen molar-refractivity contribution in [1.82, 2.24) is 4.98 Å². The van der Waals surface area contributed by atoms with Gasteiger partial charge in [0.2, 0.25) is 11.8 Å². The Hall–Kier alpha value is -1.91. The molecule has 0 bridgehead atoms. The van der Waals surface area contributed by atoms with Crippen LogP contribution in [0.25, 0.3) is 0 Å². The molecule has 15 heavy (non-hydrogen) atoms. The lowest BCUT2D eigenvalue weighted by Crippen LogP contribution is -2.33. The maximum Gasteiger partial charge on any atom is 0.238 e. The first-order valence-electron chi connectivity index (χ1n) is 4.78. The normalized spacial score (nSPS) is 28.1. The summed E-state index contributed by atoms with van der Waals surface area (Å²) in [5, 5.41) is 0. The molecule has 2 unspecified atom stereocenters. The number of hydrogen-bond acceptors (Lipinski definition) is 4. The number of hydrogen-bond donors (Lipinski definition) is 1. The number of nitrogens with two attached hydrogens (primary N) is 1. The fourth-order valence-corrected chi connectivity index (χ4v) is 1.94. The SMILES string of the molecule is Nc1ccc(N2C(=O)C3CC3C2=O)nc1. The number of nitrogen functional groups attached to an aromatic ring is 1. The molecule has 2 aliphatic rings. The van der Waals surface area contributed by atoms with Gasteiger partial charge in [-0.05, 0) is 18.6 Å². The van der Waals surface area contributed by atoms with E-state index in [1.165, 1.54) is 6.20 Å². The highest BCUT2D eigenvalue weighted by molar-refractivity contribution is 6.24. The number of anilines is 2. The van der Waals surface area contributed by atoms with Crippen molar-refractivity contribution < 1.29 is 9.59 Å². The zero-order valence-corrected chi connectivity index (χ0v) is 7.88. The largest absolute Gasteiger partial charge is 0.397 e. The summed E-state index contributed by atoms with van der Waals surface area (Å²) in [4.78, 5) is 28.5. The van der Waals surface area contributed by atoms with Gasteiger partial charge in [0.15, 0.2) is 0 Å². The number of pyridine rings is 1. The Morgan fingerprint density at radius 2 is 1.93 bits per heavy atom. The second-order valence-corrected chi connectivity index (χ2v) is 3.91. The molecule has 1 aromatic rings. The number of carbonyl (C=O) groups excluding carboxylic acids is 2. The van der Waals surface area contributed by atoms with E-state index in [1.807, 2.05) is 0 Å². The minimum atomic E-state index is -0.123. The van der Waals surface area contributed by atoms with E-state index in [0.29, 0.717) is 17.9 Å². The van der Waals surface area contributed by atoms with Crippen molar-refractivity contribution in [1.29, 1.82) is 0 Å². The fourth-order valence-electron chi connectivity index (χ4n) is 1.94. The van der Waals surface area contributed by atoms with Crippen LogP contribution in [-0.2, 0) is 9.59 Å². The molecule has 1 aliphatic heterocycles. The van der Waals surface area contributed by atoms with Crippen molar-refractivity contribution in [2.24, 2.45) is 11.8 Å². The van der Waals surface area contributed by atoms with Gasteiger partial charge < -0.3 is 5.73 Å². The topological polar surface area (TPSA) is 76.3 Å². The highest BCUT2D eigenvalue weighted by Crippen LogP contribution is 2.47. The van der Waals surface area contributed by atoms with Crippen molar-refractivity contribution in [3.63, 3.8) is 0 Å². The van der Waals surface area contributed by atoms with Gasteiger partial charge in [-0.3, -0.25) is 9.59 Å². The van der Waals surface area contributed by atoms with Crippen molar-refractivity contribution in [3.8, 4) is 0 Å². The number of aromatic nitrogens is 1. The summed E-state index contributed by atoms with van der Waals surface area (Å²) in [6.45, 7) is 0. The highest BCUT2D eigenvalue weighted by Gasteiger charge is 2.59. The van der Waals surface area contributed by atoms with E-state index >= 15 is 0 Å². The number of fused-ring (bicyclic) bond motifs is 1. The average molecular weight is 203 g/mol. The van der Waals surface area contributed by atoms with Crippen LogP contribution in [0.3, 0.4) is 0 Å². The van der Waals surface area contributed by atoms with Crippen LogP contribution < -0.4 is 10.6 Å². The third-order valence-corrected chi connectivity index (χ3v) is 2.87. The zero-order valence-electron chi connectivity index (χ0n) is 7.88. The van der Waals surface area contributed by atoms with E-state index in [2.05, 4.69) is 4.98 Å². The number of nitrogens with zero attached hydrogens (tertiary/aromatic N) is 2. The second-order valence-electron chi connectivity index (χ2n) is 3.91. The van der Waals surface area contributed by atoms with Gasteiger partial charge >= 0.3 is 0 Å². The molecule has 5 nitrogen and oxygen atoms in total. The number of piperidine rings is 1. The van der Waals surface area contributed by atoms with E-state index in [1.54, 1.807) is 12.1 Å².